The number of halogens is 4. The van der Waals surface area contributed by atoms with Crippen LogP contribution in [0.4, 0.5) is 17.6 Å². The van der Waals surface area contributed by atoms with Crippen LogP contribution in [0.5, 0.6) is 0 Å². The fourth-order valence-electron chi connectivity index (χ4n) is 1.08. The van der Waals surface area contributed by atoms with Gasteiger partial charge in [-0.05, 0) is 12.1 Å². The van der Waals surface area contributed by atoms with Crippen molar-refractivity contribution in [3.8, 4) is 0 Å². The molecule has 0 saturated carbocycles. The van der Waals surface area contributed by atoms with Gasteiger partial charge in [-0.3, -0.25) is 4.79 Å². The van der Waals surface area contributed by atoms with Gasteiger partial charge in [-0.1, -0.05) is 12.1 Å². The van der Waals surface area contributed by atoms with Crippen molar-refractivity contribution in [1.29, 1.82) is 0 Å². The van der Waals surface area contributed by atoms with E-state index in [1.807, 2.05) is 0 Å². The largest absolute Gasteiger partial charge is 0.481 e. The topological polar surface area (TPSA) is 37.3 Å². The first-order valence-corrected chi connectivity index (χ1v) is 5.38. The van der Waals surface area contributed by atoms with Crippen molar-refractivity contribution in [1.82, 2.24) is 0 Å². The van der Waals surface area contributed by atoms with Gasteiger partial charge in [-0.2, -0.15) is 13.2 Å². The van der Waals surface area contributed by atoms with Gasteiger partial charge < -0.3 is 5.11 Å². The van der Waals surface area contributed by atoms with Crippen molar-refractivity contribution < 1.29 is 27.5 Å². The van der Waals surface area contributed by atoms with E-state index in [1.165, 1.54) is 18.2 Å². The minimum Gasteiger partial charge on any atom is -0.481 e. The van der Waals surface area contributed by atoms with Crippen molar-refractivity contribution in [3.63, 3.8) is 0 Å². The molecule has 0 amide bonds. The Hall–Kier alpha value is -1.24. The van der Waals surface area contributed by atoms with E-state index in [0.717, 1.165) is 6.07 Å². The second kappa shape index (κ2) is 5.39. The van der Waals surface area contributed by atoms with Gasteiger partial charge in [-0.15, -0.1) is 11.8 Å². The van der Waals surface area contributed by atoms with Crippen LogP contribution in [0, 0.1) is 5.82 Å². The number of carboxylic acids is 1. The van der Waals surface area contributed by atoms with Crippen LogP contribution < -0.4 is 0 Å². The van der Waals surface area contributed by atoms with Gasteiger partial charge in [0.25, 0.3) is 0 Å². The first-order valence-electron chi connectivity index (χ1n) is 4.50. The maximum atomic E-state index is 13.1. The number of carbonyl (C=O) groups is 1. The van der Waals surface area contributed by atoms with Gasteiger partial charge in [0.2, 0.25) is 0 Å². The van der Waals surface area contributed by atoms with Crippen molar-refractivity contribution in [2.24, 2.45) is 0 Å². The molecule has 7 heteroatoms. The van der Waals surface area contributed by atoms with Gasteiger partial charge in [0.1, 0.15) is 11.1 Å². The number of carboxylic acid groups (broad SMARTS) is 1. The molecule has 0 aliphatic carbocycles. The van der Waals surface area contributed by atoms with Gasteiger partial charge in [-0.25, -0.2) is 4.39 Å². The van der Waals surface area contributed by atoms with Crippen LogP contribution in [-0.4, -0.2) is 22.5 Å². The smallest absolute Gasteiger partial charge is 0.401 e. The molecule has 17 heavy (non-hydrogen) atoms. The Morgan fingerprint density at radius 3 is 2.41 bits per heavy atom. The Morgan fingerprint density at radius 1 is 1.35 bits per heavy atom. The van der Waals surface area contributed by atoms with Gasteiger partial charge in [0.05, 0.1) is 6.42 Å². The predicted molar refractivity (Wildman–Crippen MR) is 54.4 cm³/mol. The number of rotatable bonds is 4. The molecular weight excluding hydrogens is 260 g/mol. The molecule has 1 N–H and O–H groups in total. The second-order valence-corrected chi connectivity index (χ2v) is 4.42. The number of aliphatic carboxylic acids is 1. The number of hydrogen-bond acceptors (Lipinski definition) is 2. The van der Waals surface area contributed by atoms with Crippen LogP contribution in [-0.2, 0) is 4.79 Å². The quantitative estimate of drug-likeness (QED) is 0.672. The Bertz CT molecular complexity index is 406. The molecule has 1 aromatic carbocycles. The molecule has 0 bridgehead atoms. The van der Waals surface area contributed by atoms with Crippen molar-refractivity contribution >= 4 is 17.7 Å². The average Bonchev–Trinajstić information content (AvgIpc) is 2.18. The fourth-order valence-corrected chi connectivity index (χ4v) is 2.08. The summed E-state index contributed by atoms with van der Waals surface area (Å²) in [6.07, 6.45) is -5.78. The first-order chi connectivity index (χ1) is 7.80. The van der Waals surface area contributed by atoms with Crippen LogP contribution in [0.1, 0.15) is 6.42 Å². The highest BCUT2D eigenvalue weighted by Gasteiger charge is 2.42. The normalized spacial score (nSPS) is 13.4. The molecule has 0 aliphatic rings. The standard InChI is InChI=1S/C10H8F4O2S/c11-6-3-1-2-4-7(6)17-8(5-9(15)16)10(12,13)14/h1-4,8H,5H2,(H,15,16). The molecule has 0 heterocycles. The zero-order valence-electron chi connectivity index (χ0n) is 8.37. The van der Waals surface area contributed by atoms with Crippen LogP contribution >= 0.6 is 11.8 Å². The second-order valence-electron chi connectivity index (χ2n) is 3.18. The predicted octanol–water partition coefficient (Wildman–Crippen LogP) is 3.32. The molecule has 94 valence electrons. The zero-order chi connectivity index (χ0) is 13.1. The Kier molecular flexibility index (Phi) is 4.39. The third kappa shape index (κ3) is 4.26. The molecule has 1 aromatic rings. The zero-order valence-corrected chi connectivity index (χ0v) is 9.19. The fraction of sp³-hybridized carbons (Fsp3) is 0.300. The van der Waals surface area contributed by atoms with Gasteiger partial charge >= 0.3 is 12.1 Å². The summed E-state index contributed by atoms with van der Waals surface area (Å²) < 4.78 is 50.6. The molecule has 0 aliphatic heterocycles. The van der Waals surface area contributed by atoms with Crippen LogP contribution in [0.2, 0.25) is 0 Å². The van der Waals surface area contributed by atoms with E-state index >= 15 is 0 Å². The number of alkyl halides is 3. The summed E-state index contributed by atoms with van der Waals surface area (Å²) >= 11 is 0.170. The minimum absolute atomic E-state index is 0.170. The average molecular weight is 268 g/mol. The molecule has 2 nitrogen and oxygen atoms in total. The lowest BCUT2D eigenvalue weighted by Gasteiger charge is -2.18. The van der Waals surface area contributed by atoms with Crippen LogP contribution in [0.25, 0.3) is 0 Å². The lowest BCUT2D eigenvalue weighted by molar-refractivity contribution is -0.149. The third-order valence-electron chi connectivity index (χ3n) is 1.83. The van der Waals surface area contributed by atoms with E-state index in [9.17, 15) is 22.4 Å². The number of hydrogen-bond donors (Lipinski definition) is 1. The Labute approximate surface area is 98.6 Å². The Balaban J connectivity index is 2.87. The lowest BCUT2D eigenvalue weighted by Crippen LogP contribution is -2.28. The van der Waals surface area contributed by atoms with E-state index in [4.69, 9.17) is 5.11 Å². The molecule has 1 atom stereocenters. The van der Waals surface area contributed by atoms with Crippen molar-refractivity contribution in [2.75, 3.05) is 0 Å². The molecule has 1 rings (SSSR count). The third-order valence-corrected chi connectivity index (χ3v) is 3.13. The van der Waals surface area contributed by atoms with E-state index in [1.54, 1.807) is 0 Å². The lowest BCUT2D eigenvalue weighted by atomic mass is 10.3. The summed E-state index contributed by atoms with van der Waals surface area (Å²) in [5.41, 5.74) is 0. The first kappa shape index (κ1) is 13.8. The van der Waals surface area contributed by atoms with Gasteiger partial charge in [0.15, 0.2) is 0 Å². The monoisotopic (exact) mass is 268 g/mol. The highest BCUT2D eigenvalue weighted by molar-refractivity contribution is 8.00. The van der Waals surface area contributed by atoms with Crippen LogP contribution in [0.3, 0.4) is 0 Å². The van der Waals surface area contributed by atoms with E-state index in [2.05, 4.69) is 0 Å². The molecule has 0 saturated heterocycles. The van der Waals surface area contributed by atoms with Crippen molar-refractivity contribution in [3.05, 3.63) is 30.1 Å². The summed E-state index contributed by atoms with van der Waals surface area (Å²) in [7, 11) is 0. The molecule has 0 aromatic heterocycles. The maximum absolute atomic E-state index is 13.1. The number of benzene rings is 1. The summed E-state index contributed by atoms with van der Waals surface area (Å²) in [5, 5.41) is 6.23. The number of thioether (sulfide) groups is 1. The molecular formula is C10H8F4O2S. The molecule has 0 spiro atoms. The Morgan fingerprint density at radius 2 is 1.94 bits per heavy atom. The van der Waals surface area contributed by atoms with Gasteiger partial charge in [0, 0.05) is 4.90 Å². The summed E-state index contributed by atoms with van der Waals surface area (Å²) in [6, 6.07) is 4.94. The SMILES string of the molecule is O=C(O)CC(Sc1ccccc1F)C(F)(F)F. The molecule has 0 fully saturated rings. The summed E-state index contributed by atoms with van der Waals surface area (Å²) in [4.78, 5) is 10.1. The van der Waals surface area contributed by atoms with E-state index < -0.39 is 29.6 Å². The summed E-state index contributed by atoms with van der Waals surface area (Å²) in [6.45, 7) is 0. The van der Waals surface area contributed by atoms with E-state index in [-0.39, 0.29) is 16.7 Å². The molecule has 1 unspecified atom stereocenters. The summed E-state index contributed by atoms with van der Waals surface area (Å²) in [5.74, 6) is -2.37. The van der Waals surface area contributed by atoms with Crippen molar-refractivity contribution in [2.45, 2.75) is 22.7 Å². The van der Waals surface area contributed by atoms with Crippen LogP contribution in [0.15, 0.2) is 29.2 Å². The highest BCUT2D eigenvalue weighted by atomic mass is 32.2. The minimum atomic E-state index is -4.69. The molecule has 0 radical (unpaired) electrons. The highest BCUT2D eigenvalue weighted by Crippen LogP contribution is 2.38. The van der Waals surface area contributed by atoms with E-state index in [0.29, 0.717) is 0 Å². The maximum Gasteiger partial charge on any atom is 0.401 e.